The first-order valence-electron chi connectivity index (χ1n) is 4.94. The molecule has 0 saturated carbocycles. The zero-order chi connectivity index (χ0) is 11.5. The summed E-state index contributed by atoms with van der Waals surface area (Å²) in [7, 11) is 0. The first-order valence-corrected chi connectivity index (χ1v) is 6.02. The van der Waals surface area contributed by atoms with E-state index in [0.717, 1.165) is 12.4 Å². The van der Waals surface area contributed by atoms with E-state index in [1.54, 1.807) is 21.5 Å². The van der Waals surface area contributed by atoms with Crippen molar-refractivity contribution in [2.24, 2.45) is 0 Å². The highest BCUT2D eigenvalue weighted by Gasteiger charge is 2.05. The fourth-order valence-corrected chi connectivity index (χ4v) is 1.98. The van der Waals surface area contributed by atoms with E-state index >= 15 is 0 Å². The van der Waals surface area contributed by atoms with Gasteiger partial charge in [0, 0.05) is 12.7 Å². The lowest BCUT2D eigenvalue weighted by molar-refractivity contribution is 0.585. The van der Waals surface area contributed by atoms with E-state index in [-0.39, 0.29) is 5.56 Å². The Morgan fingerprint density at radius 3 is 3.06 bits per heavy atom. The van der Waals surface area contributed by atoms with Crippen LogP contribution in [0.1, 0.15) is 12.7 Å². The van der Waals surface area contributed by atoms with Crippen molar-refractivity contribution in [3.05, 3.63) is 44.4 Å². The van der Waals surface area contributed by atoms with E-state index in [1.807, 2.05) is 35.6 Å². The molecular weight excluding hydrogens is 319 g/mol. The monoisotopic (exact) mass is 330 g/mol. The standard InChI is InChI=1S/C10H11IN4O/c1-2-15-9(12-7-13-15)6-14-5-3-4-8(11)10(14)16/h3-5,7H,2,6H2,1H3. The normalized spacial score (nSPS) is 10.6. The van der Waals surface area contributed by atoms with Crippen LogP contribution in [0, 0.1) is 3.57 Å². The largest absolute Gasteiger partial charge is 0.307 e. The van der Waals surface area contributed by atoms with Gasteiger partial charge in [0.15, 0.2) is 0 Å². The van der Waals surface area contributed by atoms with Gasteiger partial charge in [0.25, 0.3) is 5.56 Å². The van der Waals surface area contributed by atoms with Gasteiger partial charge in [0.05, 0.1) is 10.1 Å². The van der Waals surface area contributed by atoms with E-state index in [2.05, 4.69) is 10.1 Å². The molecule has 0 bridgehead atoms. The highest BCUT2D eigenvalue weighted by atomic mass is 127. The van der Waals surface area contributed by atoms with Gasteiger partial charge in [-0.15, -0.1) is 0 Å². The van der Waals surface area contributed by atoms with Gasteiger partial charge >= 0.3 is 0 Å². The summed E-state index contributed by atoms with van der Waals surface area (Å²) in [4.78, 5) is 15.9. The van der Waals surface area contributed by atoms with Gasteiger partial charge in [-0.3, -0.25) is 4.79 Å². The van der Waals surface area contributed by atoms with Crippen LogP contribution in [0.2, 0.25) is 0 Å². The summed E-state index contributed by atoms with van der Waals surface area (Å²) >= 11 is 2.03. The van der Waals surface area contributed by atoms with Crippen LogP contribution in [0.25, 0.3) is 0 Å². The van der Waals surface area contributed by atoms with Gasteiger partial charge in [-0.25, -0.2) is 9.67 Å². The Morgan fingerprint density at radius 2 is 2.31 bits per heavy atom. The Balaban J connectivity index is 2.34. The number of aromatic nitrogens is 4. The zero-order valence-electron chi connectivity index (χ0n) is 8.80. The second-order valence-electron chi connectivity index (χ2n) is 3.28. The van der Waals surface area contributed by atoms with Crippen LogP contribution in [-0.2, 0) is 13.1 Å². The number of aryl methyl sites for hydroxylation is 1. The molecule has 0 aliphatic rings. The Hall–Kier alpha value is -1.18. The molecule has 16 heavy (non-hydrogen) atoms. The third-order valence-corrected chi connectivity index (χ3v) is 3.10. The molecule has 0 unspecified atom stereocenters. The number of hydrogen-bond acceptors (Lipinski definition) is 3. The minimum atomic E-state index is 0.00810. The van der Waals surface area contributed by atoms with E-state index in [9.17, 15) is 4.79 Å². The molecule has 0 fully saturated rings. The van der Waals surface area contributed by atoms with Crippen molar-refractivity contribution < 1.29 is 0 Å². The summed E-state index contributed by atoms with van der Waals surface area (Å²) in [6, 6.07) is 3.65. The van der Waals surface area contributed by atoms with Crippen molar-refractivity contribution in [3.8, 4) is 0 Å². The summed E-state index contributed by atoms with van der Waals surface area (Å²) in [5.41, 5.74) is 0.00810. The third kappa shape index (κ3) is 2.16. The van der Waals surface area contributed by atoms with Gasteiger partial charge in [-0.2, -0.15) is 5.10 Å². The SMILES string of the molecule is CCn1ncnc1Cn1cccc(I)c1=O. The molecule has 0 aliphatic heterocycles. The van der Waals surface area contributed by atoms with E-state index in [4.69, 9.17) is 0 Å². The maximum atomic E-state index is 11.8. The first kappa shape index (κ1) is 11.3. The van der Waals surface area contributed by atoms with Crippen LogP contribution < -0.4 is 5.56 Å². The molecule has 84 valence electrons. The minimum absolute atomic E-state index is 0.00810. The molecular formula is C10H11IN4O. The van der Waals surface area contributed by atoms with E-state index in [1.165, 1.54) is 6.33 Å². The number of rotatable bonds is 3. The molecule has 0 saturated heterocycles. The van der Waals surface area contributed by atoms with Crippen molar-refractivity contribution >= 4 is 22.6 Å². The van der Waals surface area contributed by atoms with Gasteiger partial charge < -0.3 is 4.57 Å². The van der Waals surface area contributed by atoms with Gasteiger partial charge in [-0.05, 0) is 41.6 Å². The minimum Gasteiger partial charge on any atom is -0.307 e. The maximum absolute atomic E-state index is 11.8. The molecule has 6 heteroatoms. The molecule has 0 atom stereocenters. The fraction of sp³-hybridized carbons (Fsp3) is 0.300. The van der Waals surface area contributed by atoms with Crippen LogP contribution in [-0.4, -0.2) is 19.3 Å². The highest BCUT2D eigenvalue weighted by molar-refractivity contribution is 14.1. The van der Waals surface area contributed by atoms with Crippen molar-refractivity contribution in [1.29, 1.82) is 0 Å². The molecule has 5 nitrogen and oxygen atoms in total. The number of halogens is 1. The van der Waals surface area contributed by atoms with Crippen LogP contribution in [0.3, 0.4) is 0 Å². The lowest BCUT2D eigenvalue weighted by Crippen LogP contribution is -2.23. The average molecular weight is 330 g/mol. The van der Waals surface area contributed by atoms with Crippen molar-refractivity contribution in [2.75, 3.05) is 0 Å². The lowest BCUT2D eigenvalue weighted by atomic mass is 10.4. The highest BCUT2D eigenvalue weighted by Crippen LogP contribution is 2.00. The Labute approximate surface area is 106 Å². The average Bonchev–Trinajstić information content (AvgIpc) is 2.72. The summed E-state index contributed by atoms with van der Waals surface area (Å²) < 4.78 is 4.13. The van der Waals surface area contributed by atoms with Gasteiger partial charge in [-0.1, -0.05) is 0 Å². The van der Waals surface area contributed by atoms with Gasteiger partial charge in [0.1, 0.15) is 12.2 Å². The number of hydrogen-bond donors (Lipinski definition) is 0. The lowest BCUT2D eigenvalue weighted by Gasteiger charge is -2.06. The quantitative estimate of drug-likeness (QED) is 0.793. The molecule has 0 aromatic carbocycles. The molecule has 0 spiro atoms. The smallest absolute Gasteiger partial charge is 0.264 e. The number of nitrogens with zero attached hydrogens (tertiary/aromatic N) is 4. The predicted octanol–water partition coefficient (Wildman–Crippen LogP) is 1.11. The van der Waals surface area contributed by atoms with Crippen LogP contribution in [0.4, 0.5) is 0 Å². The van der Waals surface area contributed by atoms with Gasteiger partial charge in [0.2, 0.25) is 0 Å². The zero-order valence-corrected chi connectivity index (χ0v) is 11.0. The Kier molecular flexibility index (Phi) is 3.37. The number of pyridine rings is 1. The summed E-state index contributed by atoms with van der Waals surface area (Å²) in [6.07, 6.45) is 3.27. The third-order valence-electron chi connectivity index (χ3n) is 2.28. The molecule has 2 heterocycles. The van der Waals surface area contributed by atoms with Crippen molar-refractivity contribution in [3.63, 3.8) is 0 Å². The predicted molar refractivity (Wildman–Crippen MR) is 68.2 cm³/mol. The van der Waals surface area contributed by atoms with Crippen molar-refractivity contribution in [1.82, 2.24) is 19.3 Å². The van der Waals surface area contributed by atoms with Crippen LogP contribution in [0.5, 0.6) is 0 Å². The fourth-order valence-electron chi connectivity index (χ4n) is 1.46. The molecule has 0 N–H and O–H groups in total. The first-order chi connectivity index (χ1) is 7.72. The van der Waals surface area contributed by atoms with E-state index < -0.39 is 0 Å². The van der Waals surface area contributed by atoms with Crippen molar-refractivity contribution in [2.45, 2.75) is 20.0 Å². The Morgan fingerprint density at radius 1 is 1.50 bits per heavy atom. The molecule has 0 aliphatic carbocycles. The molecule has 0 amide bonds. The van der Waals surface area contributed by atoms with E-state index in [0.29, 0.717) is 10.1 Å². The Bertz CT molecular complexity index is 546. The molecule has 2 aromatic rings. The summed E-state index contributed by atoms with van der Waals surface area (Å²) in [5.74, 6) is 0.798. The summed E-state index contributed by atoms with van der Waals surface area (Å²) in [6.45, 7) is 3.22. The van der Waals surface area contributed by atoms with Crippen LogP contribution >= 0.6 is 22.6 Å². The molecule has 2 aromatic heterocycles. The summed E-state index contributed by atoms with van der Waals surface area (Å²) in [5, 5.41) is 4.07. The molecule has 2 rings (SSSR count). The second-order valence-corrected chi connectivity index (χ2v) is 4.44. The maximum Gasteiger partial charge on any atom is 0.264 e. The second kappa shape index (κ2) is 4.77. The van der Waals surface area contributed by atoms with Crippen LogP contribution in [0.15, 0.2) is 29.5 Å². The topological polar surface area (TPSA) is 52.7 Å². The molecule has 0 radical (unpaired) electrons.